The first-order chi connectivity index (χ1) is 11.7. The van der Waals surface area contributed by atoms with E-state index in [2.05, 4.69) is 60.8 Å². The fraction of sp³-hybridized carbons (Fsp3) is 0.111. The Morgan fingerprint density at radius 1 is 1.08 bits per heavy atom. The van der Waals surface area contributed by atoms with Gasteiger partial charge >= 0.3 is 0 Å². The van der Waals surface area contributed by atoms with E-state index in [1.807, 2.05) is 36.5 Å². The fourth-order valence-corrected chi connectivity index (χ4v) is 4.45. The molecule has 120 valence electrons. The minimum Gasteiger partial charge on any atom is -0.351 e. The van der Waals surface area contributed by atoms with Gasteiger partial charge in [-0.25, -0.2) is 0 Å². The summed E-state index contributed by atoms with van der Waals surface area (Å²) >= 11 is 10.9. The molecule has 1 aliphatic rings. The largest absolute Gasteiger partial charge is 0.351 e. The Morgan fingerprint density at radius 2 is 1.92 bits per heavy atom. The summed E-state index contributed by atoms with van der Waals surface area (Å²) in [6, 6.07) is 18.6. The molecule has 1 N–H and O–H groups in total. The molecule has 0 saturated carbocycles. The number of halogens is 1. The molecular weight excluding hydrogens is 402 g/mol. The molecule has 6 heteroatoms. The Kier molecular flexibility index (Phi) is 4.35. The van der Waals surface area contributed by atoms with E-state index in [0.717, 1.165) is 21.0 Å². The molecule has 1 fully saturated rings. The Bertz CT molecular complexity index is 834. The SMILES string of the molecule is S=C1N[C@H](c2ccccn2)[C@@H](c2cccs2)N1c1ccc(Br)cc1. The van der Waals surface area contributed by atoms with Crippen LogP contribution in [0.3, 0.4) is 0 Å². The molecule has 4 rings (SSSR count). The highest BCUT2D eigenvalue weighted by Gasteiger charge is 2.41. The van der Waals surface area contributed by atoms with Crippen LogP contribution in [0.4, 0.5) is 5.69 Å². The van der Waals surface area contributed by atoms with E-state index >= 15 is 0 Å². The number of aromatic nitrogens is 1. The average molecular weight is 416 g/mol. The number of hydrogen-bond donors (Lipinski definition) is 1. The predicted molar refractivity (Wildman–Crippen MR) is 106 cm³/mol. The lowest BCUT2D eigenvalue weighted by molar-refractivity contribution is 0.575. The number of nitrogens with zero attached hydrogens (tertiary/aromatic N) is 2. The zero-order valence-electron chi connectivity index (χ0n) is 12.6. The lowest BCUT2D eigenvalue weighted by Crippen LogP contribution is -2.28. The number of benzene rings is 1. The average Bonchev–Trinajstić information content (AvgIpc) is 3.24. The second-order valence-electron chi connectivity index (χ2n) is 5.49. The van der Waals surface area contributed by atoms with Crippen molar-refractivity contribution < 1.29 is 0 Å². The predicted octanol–water partition coefficient (Wildman–Crippen LogP) is 5.08. The van der Waals surface area contributed by atoms with Crippen LogP contribution < -0.4 is 10.2 Å². The van der Waals surface area contributed by atoms with Gasteiger partial charge < -0.3 is 10.2 Å². The van der Waals surface area contributed by atoms with E-state index in [9.17, 15) is 0 Å². The summed E-state index contributed by atoms with van der Waals surface area (Å²) in [7, 11) is 0. The smallest absolute Gasteiger partial charge is 0.174 e. The van der Waals surface area contributed by atoms with Crippen LogP contribution in [0.2, 0.25) is 0 Å². The van der Waals surface area contributed by atoms with Crippen molar-refractivity contribution in [3.05, 3.63) is 81.2 Å². The summed E-state index contributed by atoms with van der Waals surface area (Å²) in [5.41, 5.74) is 2.07. The third kappa shape index (κ3) is 2.85. The van der Waals surface area contributed by atoms with Crippen molar-refractivity contribution in [3.8, 4) is 0 Å². The molecule has 3 aromatic rings. The van der Waals surface area contributed by atoms with Crippen molar-refractivity contribution in [1.82, 2.24) is 10.3 Å². The lowest BCUT2D eigenvalue weighted by Gasteiger charge is -2.26. The van der Waals surface area contributed by atoms with E-state index in [-0.39, 0.29) is 12.1 Å². The van der Waals surface area contributed by atoms with Gasteiger partial charge in [0.25, 0.3) is 0 Å². The minimum atomic E-state index is 0.0287. The second-order valence-corrected chi connectivity index (χ2v) is 7.77. The molecule has 3 heterocycles. The number of thiocarbonyl (C=S) groups is 1. The van der Waals surface area contributed by atoms with Gasteiger partial charge in [-0.05, 0) is 60.1 Å². The number of anilines is 1. The van der Waals surface area contributed by atoms with Crippen LogP contribution in [-0.4, -0.2) is 10.1 Å². The molecule has 0 bridgehead atoms. The van der Waals surface area contributed by atoms with Gasteiger partial charge in [0.15, 0.2) is 5.11 Å². The normalized spacial score (nSPS) is 20.2. The minimum absolute atomic E-state index is 0.0287. The fourth-order valence-electron chi connectivity index (χ4n) is 2.98. The standard InChI is InChI=1S/C18H14BrN3S2/c19-12-6-8-13(9-7-12)22-17(15-5-3-11-24-15)16(21-18(22)23)14-4-1-2-10-20-14/h1-11,16-17H,(H,21,23)/t16-,17-/m1/s1. The summed E-state index contributed by atoms with van der Waals surface area (Å²) in [6.45, 7) is 0. The summed E-state index contributed by atoms with van der Waals surface area (Å²) in [5, 5.41) is 6.29. The molecule has 0 aliphatic carbocycles. The molecule has 0 amide bonds. The van der Waals surface area contributed by atoms with Crippen LogP contribution in [0.15, 0.2) is 70.6 Å². The number of rotatable bonds is 3. The van der Waals surface area contributed by atoms with E-state index in [0.29, 0.717) is 0 Å². The third-order valence-corrected chi connectivity index (χ3v) is 5.82. The lowest BCUT2D eigenvalue weighted by atomic mass is 10.0. The molecular formula is C18H14BrN3S2. The highest BCUT2D eigenvalue weighted by atomic mass is 79.9. The molecule has 0 radical (unpaired) electrons. The Hall–Kier alpha value is -1.76. The first-order valence-corrected chi connectivity index (χ1v) is 9.62. The molecule has 0 unspecified atom stereocenters. The zero-order valence-corrected chi connectivity index (χ0v) is 15.8. The van der Waals surface area contributed by atoms with Crippen molar-refractivity contribution in [1.29, 1.82) is 0 Å². The summed E-state index contributed by atoms with van der Waals surface area (Å²) < 4.78 is 1.05. The summed E-state index contributed by atoms with van der Waals surface area (Å²) in [4.78, 5) is 8.00. The molecule has 2 atom stereocenters. The Balaban J connectivity index is 1.80. The van der Waals surface area contributed by atoms with Gasteiger partial charge in [-0.2, -0.15) is 0 Å². The van der Waals surface area contributed by atoms with Gasteiger partial charge in [-0.3, -0.25) is 4.98 Å². The van der Waals surface area contributed by atoms with Crippen LogP contribution in [0, 0.1) is 0 Å². The van der Waals surface area contributed by atoms with E-state index in [1.54, 1.807) is 11.3 Å². The van der Waals surface area contributed by atoms with Gasteiger partial charge in [0.2, 0.25) is 0 Å². The van der Waals surface area contributed by atoms with Crippen molar-refractivity contribution in [2.24, 2.45) is 0 Å². The van der Waals surface area contributed by atoms with Gasteiger partial charge in [-0.15, -0.1) is 11.3 Å². The highest BCUT2D eigenvalue weighted by molar-refractivity contribution is 9.10. The quantitative estimate of drug-likeness (QED) is 0.603. The molecule has 24 heavy (non-hydrogen) atoms. The zero-order chi connectivity index (χ0) is 16.5. The third-order valence-electron chi connectivity index (χ3n) is 4.04. The van der Waals surface area contributed by atoms with Gasteiger partial charge in [0.05, 0.1) is 17.8 Å². The molecule has 0 spiro atoms. The van der Waals surface area contributed by atoms with E-state index in [4.69, 9.17) is 12.2 Å². The summed E-state index contributed by atoms with van der Waals surface area (Å²) in [6.07, 6.45) is 1.83. The van der Waals surface area contributed by atoms with Crippen LogP contribution in [-0.2, 0) is 0 Å². The number of pyridine rings is 1. The monoisotopic (exact) mass is 415 g/mol. The number of hydrogen-bond acceptors (Lipinski definition) is 3. The maximum Gasteiger partial charge on any atom is 0.174 e. The maximum absolute atomic E-state index is 5.66. The van der Waals surface area contributed by atoms with Crippen molar-refractivity contribution in [2.45, 2.75) is 12.1 Å². The van der Waals surface area contributed by atoms with Crippen LogP contribution in [0.1, 0.15) is 22.7 Å². The van der Waals surface area contributed by atoms with Gasteiger partial charge in [0.1, 0.15) is 0 Å². The Labute approximate surface area is 158 Å². The number of nitrogens with one attached hydrogen (secondary N) is 1. The van der Waals surface area contributed by atoms with Gasteiger partial charge in [-0.1, -0.05) is 28.1 Å². The topological polar surface area (TPSA) is 28.2 Å². The second kappa shape index (κ2) is 6.63. The van der Waals surface area contributed by atoms with Crippen LogP contribution in [0.25, 0.3) is 0 Å². The first kappa shape index (κ1) is 15.7. The maximum atomic E-state index is 5.66. The first-order valence-electron chi connectivity index (χ1n) is 7.53. The van der Waals surface area contributed by atoms with Crippen molar-refractivity contribution in [2.75, 3.05) is 4.90 Å². The van der Waals surface area contributed by atoms with Crippen LogP contribution in [0.5, 0.6) is 0 Å². The molecule has 2 aromatic heterocycles. The van der Waals surface area contributed by atoms with Crippen molar-refractivity contribution >= 4 is 50.3 Å². The molecule has 1 aliphatic heterocycles. The van der Waals surface area contributed by atoms with E-state index in [1.165, 1.54) is 4.88 Å². The Morgan fingerprint density at radius 3 is 2.58 bits per heavy atom. The molecule has 1 saturated heterocycles. The number of thiophene rings is 1. The summed E-state index contributed by atoms with van der Waals surface area (Å²) in [5.74, 6) is 0. The highest BCUT2D eigenvalue weighted by Crippen LogP contribution is 2.42. The van der Waals surface area contributed by atoms with Crippen molar-refractivity contribution in [3.63, 3.8) is 0 Å². The van der Waals surface area contributed by atoms with Gasteiger partial charge in [0, 0.05) is 21.2 Å². The molecule has 1 aromatic carbocycles. The molecule has 3 nitrogen and oxygen atoms in total. The van der Waals surface area contributed by atoms with Crippen LogP contribution >= 0.6 is 39.5 Å². The van der Waals surface area contributed by atoms with E-state index < -0.39 is 0 Å².